The highest BCUT2D eigenvalue weighted by Gasteiger charge is 2.42. The number of rotatable bonds is 6. The van der Waals surface area contributed by atoms with E-state index in [1.165, 1.54) is 0 Å². The summed E-state index contributed by atoms with van der Waals surface area (Å²) in [5.74, 6) is 0.220. The van der Waals surface area contributed by atoms with E-state index in [2.05, 4.69) is 50.5 Å². The van der Waals surface area contributed by atoms with Crippen molar-refractivity contribution in [3.8, 4) is 0 Å². The lowest BCUT2D eigenvalue weighted by Gasteiger charge is -2.35. The molecular weight excluding hydrogens is 398 g/mol. The molecule has 0 saturated carbocycles. The lowest BCUT2D eigenvalue weighted by Crippen LogP contribution is -2.47. The van der Waals surface area contributed by atoms with Gasteiger partial charge in [0, 0.05) is 50.9 Å². The molecule has 0 fully saturated rings. The van der Waals surface area contributed by atoms with Crippen LogP contribution in [0.1, 0.15) is 29.5 Å². The average molecular weight is 424 g/mol. The maximum absolute atomic E-state index is 5.93. The molecule has 4 aromatic rings. The zero-order chi connectivity index (χ0) is 22.0. The van der Waals surface area contributed by atoms with Gasteiger partial charge in [0.05, 0.1) is 11.4 Å². The van der Waals surface area contributed by atoms with Crippen LogP contribution in [0.2, 0.25) is 0 Å². The zero-order valence-electron chi connectivity index (χ0n) is 18.1. The van der Waals surface area contributed by atoms with Gasteiger partial charge in [0.15, 0.2) is 0 Å². The molecule has 0 spiro atoms. The number of hydrogen-bond acceptors (Lipinski definition) is 6. The molecule has 0 saturated heterocycles. The second-order valence-electron chi connectivity index (χ2n) is 7.98. The van der Waals surface area contributed by atoms with Crippen molar-refractivity contribution < 1.29 is 4.74 Å². The van der Waals surface area contributed by atoms with Crippen molar-refractivity contribution in [2.24, 2.45) is 0 Å². The van der Waals surface area contributed by atoms with E-state index in [4.69, 9.17) is 9.72 Å². The highest BCUT2D eigenvalue weighted by atomic mass is 16.5. The van der Waals surface area contributed by atoms with Crippen LogP contribution in [-0.4, -0.2) is 27.9 Å². The third-order valence-corrected chi connectivity index (χ3v) is 6.01. The van der Waals surface area contributed by atoms with Gasteiger partial charge in [-0.15, -0.1) is 0 Å². The lowest BCUT2D eigenvalue weighted by atomic mass is 9.87. The van der Waals surface area contributed by atoms with E-state index in [1.54, 1.807) is 19.5 Å². The summed E-state index contributed by atoms with van der Waals surface area (Å²) in [5, 5.41) is 3.50. The number of nitrogens with zero attached hydrogens (tertiary/aromatic N) is 4. The SMILES string of the molecule is COC1(C)Nc2ccccc2N1c1ncccc1CC(c1cccnc1)c1cccnc1. The first kappa shape index (κ1) is 20.2. The van der Waals surface area contributed by atoms with E-state index < -0.39 is 5.85 Å². The largest absolute Gasteiger partial charge is 0.341 e. The smallest absolute Gasteiger partial charge is 0.221 e. The first-order chi connectivity index (χ1) is 15.7. The van der Waals surface area contributed by atoms with Crippen LogP contribution in [0.5, 0.6) is 0 Å². The van der Waals surface area contributed by atoms with Gasteiger partial charge in [-0.05, 0) is 53.4 Å². The monoisotopic (exact) mass is 423 g/mol. The summed E-state index contributed by atoms with van der Waals surface area (Å²) in [4.78, 5) is 15.7. The number of fused-ring (bicyclic) bond motifs is 1. The standard InChI is InChI=1S/C26H25N5O/c1-26(32-2)30-23-11-3-4-12-24(23)31(26)25-19(8-7-15-29-25)16-22(20-9-5-13-27-17-20)21-10-6-14-28-18-21/h3-15,17-18,22,30H,16H2,1-2H3. The Morgan fingerprint density at radius 2 is 1.59 bits per heavy atom. The number of ether oxygens (including phenoxy) is 1. The third-order valence-electron chi connectivity index (χ3n) is 6.01. The molecule has 1 aromatic carbocycles. The van der Waals surface area contributed by atoms with Gasteiger partial charge >= 0.3 is 0 Å². The first-order valence-corrected chi connectivity index (χ1v) is 10.7. The number of pyridine rings is 3. The topological polar surface area (TPSA) is 63.2 Å². The van der Waals surface area contributed by atoms with Crippen LogP contribution < -0.4 is 10.2 Å². The molecule has 0 radical (unpaired) electrons. The summed E-state index contributed by atoms with van der Waals surface area (Å²) in [6, 6.07) is 20.5. The molecule has 0 aliphatic carbocycles. The van der Waals surface area contributed by atoms with E-state index >= 15 is 0 Å². The minimum absolute atomic E-state index is 0.0972. The summed E-state index contributed by atoms with van der Waals surface area (Å²) < 4.78 is 5.93. The van der Waals surface area contributed by atoms with E-state index in [0.29, 0.717) is 0 Å². The molecule has 1 N–H and O–H groups in total. The van der Waals surface area contributed by atoms with Crippen molar-refractivity contribution >= 4 is 17.2 Å². The third kappa shape index (κ3) is 3.59. The molecule has 5 rings (SSSR count). The molecule has 160 valence electrons. The first-order valence-electron chi connectivity index (χ1n) is 10.7. The van der Waals surface area contributed by atoms with Gasteiger partial charge in [0.1, 0.15) is 5.82 Å². The lowest BCUT2D eigenvalue weighted by molar-refractivity contribution is 0.0415. The van der Waals surface area contributed by atoms with Crippen molar-refractivity contribution in [2.45, 2.75) is 25.1 Å². The minimum atomic E-state index is -0.745. The van der Waals surface area contributed by atoms with Crippen LogP contribution in [0.25, 0.3) is 0 Å². The van der Waals surface area contributed by atoms with Gasteiger partial charge in [0.2, 0.25) is 5.85 Å². The zero-order valence-corrected chi connectivity index (χ0v) is 18.1. The fourth-order valence-electron chi connectivity index (χ4n) is 4.37. The molecule has 6 heteroatoms. The molecule has 0 amide bonds. The van der Waals surface area contributed by atoms with Crippen LogP contribution in [-0.2, 0) is 11.2 Å². The summed E-state index contributed by atoms with van der Waals surface area (Å²) in [5.41, 5.74) is 5.46. The summed E-state index contributed by atoms with van der Waals surface area (Å²) >= 11 is 0. The molecule has 1 aliphatic heterocycles. The molecule has 6 nitrogen and oxygen atoms in total. The second-order valence-corrected chi connectivity index (χ2v) is 7.98. The minimum Gasteiger partial charge on any atom is -0.341 e. The molecule has 1 atom stereocenters. The normalized spacial score (nSPS) is 17.3. The Hall–Kier alpha value is -3.77. The quantitative estimate of drug-likeness (QED) is 0.464. The molecule has 32 heavy (non-hydrogen) atoms. The van der Waals surface area contributed by atoms with Crippen LogP contribution >= 0.6 is 0 Å². The van der Waals surface area contributed by atoms with Crippen LogP contribution in [0, 0.1) is 0 Å². The highest BCUT2D eigenvalue weighted by Crippen LogP contribution is 2.46. The summed E-state index contributed by atoms with van der Waals surface area (Å²) in [7, 11) is 1.71. The fraction of sp³-hybridized carbons (Fsp3) is 0.192. The van der Waals surface area contributed by atoms with Gasteiger partial charge in [-0.1, -0.05) is 30.3 Å². The number of methoxy groups -OCH3 is 1. The Bertz CT molecular complexity index is 1160. The Morgan fingerprint density at radius 1 is 0.906 bits per heavy atom. The van der Waals surface area contributed by atoms with E-state index in [0.717, 1.165) is 40.3 Å². The van der Waals surface area contributed by atoms with E-state index in [9.17, 15) is 0 Å². The predicted octanol–water partition coefficient (Wildman–Crippen LogP) is 5.13. The predicted molar refractivity (Wildman–Crippen MR) is 126 cm³/mol. The van der Waals surface area contributed by atoms with Crippen molar-refractivity contribution in [3.05, 3.63) is 108 Å². The number of anilines is 3. The highest BCUT2D eigenvalue weighted by molar-refractivity contribution is 5.83. The molecule has 4 heterocycles. The maximum Gasteiger partial charge on any atom is 0.221 e. The Balaban J connectivity index is 1.60. The van der Waals surface area contributed by atoms with Crippen LogP contribution in [0.3, 0.4) is 0 Å². The van der Waals surface area contributed by atoms with Crippen LogP contribution in [0.4, 0.5) is 17.2 Å². The van der Waals surface area contributed by atoms with Crippen molar-refractivity contribution in [3.63, 3.8) is 0 Å². The summed E-state index contributed by atoms with van der Waals surface area (Å²) in [6.07, 6.45) is 10.0. The molecule has 1 unspecified atom stereocenters. The maximum atomic E-state index is 5.93. The van der Waals surface area contributed by atoms with Gasteiger partial charge in [-0.25, -0.2) is 4.98 Å². The number of hydrogen-bond donors (Lipinski definition) is 1. The van der Waals surface area contributed by atoms with Crippen molar-refractivity contribution in [2.75, 3.05) is 17.3 Å². The number of para-hydroxylation sites is 2. The number of nitrogens with one attached hydrogen (secondary N) is 1. The van der Waals surface area contributed by atoms with Crippen LogP contribution in [0.15, 0.2) is 91.6 Å². The van der Waals surface area contributed by atoms with Gasteiger partial charge in [-0.2, -0.15) is 0 Å². The van der Waals surface area contributed by atoms with Gasteiger partial charge in [-0.3, -0.25) is 14.9 Å². The molecule has 1 aliphatic rings. The van der Waals surface area contributed by atoms with E-state index in [1.807, 2.05) is 55.8 Å². The van der Waals surface area contributed by atoms with E-state index in [-0.39, 0.29) is 5.92 Å². The molecule has 3 aromatic heterocycles. The number of benzene rings is 1. The average Bonchev–Trinajstić information content (AvgIpc) is 3.16. The molecular formula is C26H25N5O. The Kier molecular flexibility index (Phi) is 5.29. The Morgan fingerprint density at radius 3 is 2.25 bits per heavy atom. The van der Waals surface area contributed by atoms with Gasteiger partial charge in [0.25, 0.3) is 0 Å². The van der Waals surface area contributed by atoms with Crippen molar-refractivity contribution in [1.29, 1.82) is 0 Å². The fourth-order valence-corrected chi connectivity index (χ4v) is 4.37. The van der Waals surface area contributed by atoms with Gasteiger partial charge < -0.3 is 10.1 Å². The second kappa shape index (κ2) is 8.40. The number of aromatic nitrogens is 3. The Labute approximate surface area is 188 Å². The summed E-state index contributed by atoms with van der Waals surface area (Å²) in [6.45, 7) is 2.02. The molecule has 0 bridgehead atoms. The van der Waals surface area contributed by atoms with Crippen molar-refractivity contribution in [1.82, 2.24) is 15.0 Å².